The van der Waals surface area contributed by atoms with Crippen molar-refractivity contribution in [1.82, 2.24) is 4.98 Å². The molecule has 14 heavy (non-hydrogen) atoms. The van der Waals surface area contributed by atoms with Gasteiger partial charge >= 0.3 is 5.97 Å². The number of aryl methyl sites for hydroxylation is 1. The SMILES string of the molecule is Cc1c(CC(=O)O)ccc2cc[nH]c12. The van der Waals surface area contributed by atoms with E-state index in [9.17, 15) is 4.79 Å². The average molecular weight is 189 g/mol. The first-order valence-corrected chi connectivity index (χ1v) is 4.46. The quantitative estimate of drug-likeness (QED) is 0.760. The molecule has 3 nitrogen and oxygen atoms in total. The van der Waals surface area contributed by atoms with E-state index in [-0.39, 0.29) is 6.42 Å². The van der Waals surface area contributed by atoms with Gasteiger partial charge in [0.05, 0.1) is 6.42 Å². The number of fused-ring (bicyclic) bond motifs is 1. The summed E-state index contributed by atoms with van der Waals surface area (Å²) < 4.78 is 0. The van der Waals surface area contributed by atoms with Crippen LogP contribution in [0.15, 0.2) is 24.4 Å². The van der Waals surface area contributed by atoms with Gasteiger partial charge in [0, 0.05) is 11.7 Å². The number of aromatic amines is 1. The van der Waals surface area contributed by atoms with Gasteiger partial charge in [-0.25, -0.2) is 0 Å². The Morgan fingerprint density at radius 2 is 2.21 bits per heavy atom. The van der Waals surface area contributed by atoms with Gasteiger partial charge in [-0.15, -0.1) is 0 Å². The Hall–Kier alpha value is -1.77. The zero-order valence-electron chi connectivity index (χ0n) is 7.87. The van der Waals surface area contributed by atoms with E-state index < -0.39 is 5.97 Å². The predicted molar refractivity (Wildman–Crippen MR) is 54.4 cm³/mol. The molecule has 2 aromatic rings. The molecule has 0 aliphatic rings. The summed E-state index contributed by atoms with van der Waals surface area (Å²) >= 11 is 0. The molecule has 2 N–H and O–H groups in total. The van der Waals surface area contributed by atoms with Gasteiger partial charge in [-0.3, -0.25) is 4.79 Å². The predicted octanol–water partition coefficient (Wildman–Crippen LogP) is 2.10. The van der Waals surface area contributed by atoms with Crippen LogP contribution in [0.25, 0.3) is 10.9 Å². The molecule has 0 fully saturated rings. The van der Waals surface area contributed by atoms with Gasteiger partial charge in [-0.2, -0.15) is 0 Å². The topological polar surface area (TPSA) is 53.1 Å². The largest absolute Gasteiger partial charge is 0.481 e. The highest BCUT2D eigenvalue weighted by Gasteiger charge is 2.07. The van der Waals surface area contributed by atoms with Gasteiger partial charge in [0.2, 0.25) is 0 Å². The minimum Gasteiger partial charge on any atom is -0.481 e. The number of aromatic nitrogens is 1. The molecule has 0 saturated carbocycles. The highest BCUT2D eigenvalue weighted by Crippen LogP contribution is 2.20. The van der Waals surface area contributed by atoms with Gasteiger partial charge in [0.15, 0.2) is 0 Å². The van der Waals surface area contributed by atoms with Gasteiger partial charge < -0.3 is 10.1 Å². The highest BCUT2D eigenvalue weighted by molar-refractivity contribution is 5.85. The number of carboxylic acids is 1. The maximum Gasteiger partial charge on any atom is 0.307 e. The van der Waals surface area contributed by atoms with Crippen molar-refractivity contribution in [3.63, 3.8) is 0 Å². The van der Waals surface area contributed by atoms with Crippen LogP contribution in [0.4, 0.5) is 0 Å². The number of hydrogen-bond acceptors (Lipinski definition) is 1. The van der Waals surface area contributed by atoms with Crippen LogP contribution >= 0.6 is 0 Å². The maximum atomic E-state index is 10.6. The van der Waals surface area contributed by atoms with Gasteiger partial charge in [0.25, 0.3) is 0 Å². The van der Waals surface area contributed by atoms with Crippen LogP contribution in [0.1, 0.15) is 11.1 Å². The normalized spacial score (nSPS) is 10.6. The van der Waals surface area contributed by atoms with Gasteiger partial charge in [-0.05, 0) is 29.5 Å². The van der Waals surface area contributed by atoms with Gasteiger partial charge in [0.1, 0.15) is 0 Å². The second-order valence-corrected chi connectivity index (χ2v) is 3.36. The van der Waals surface area contributed by atoms with Crippen molar-refractivity contribution in [2.24, 2.45) is 0 Å². The maximum absolute atomic E-state index is 10.6. The molecular weight excluding hydrogens is 178 g/mol. The molecule has 1 aromatic heterocycles. The number of nitrogens with one attached hydrogen (secondary N) is 1. The van der Waals surface area contributed by atoms with Crippen LogP contribution in [-0.4, -0.2) is 16.1 Å². The number of benzene rings is 1. The second-order valence-electron chi connectivity index (χ2n) is 3.36. The number of aliphatic carboxylic acids is 1. The fourth-order valence-electron chi connectivity index (χ4n) is 1.68. The van der Waals surface area contributed by atoms with Crippen LogP contribution in [0.3, 0.4) is 0 Å². The Labute approximate surface area is 81.4 Å². The van der Waals surface area contributed by atoms with Crippen LogP contribution in [0, 0.1) is 6.92 Å². The summed E-state index contributed by atoms with van der Waals surface area (Å²) in [4.78, 5) is 13.7. The Kier molecular flexibility index (Phi) is 2.00. The molecule has 0 atom stereocenters. The van der Waals surface area contributed by atoms with Crippen molar-refractivity contribution in [2.45, 2.75) is 13.3 Å². The fourth-order valence-corrected chi connectivity index (χ4v) is 1.68. The zero-order valence-corrected chi connectivity index (χ0v) is 7.87. The molecule has 0 aliphatic heterocycles. The molecule has 72 valence electrons. The average Bonchev–Trinajstić information content (AvgIpc) is 2.57. The van der Waals surface area contributed by atoms with E-state index in [0.29, 0.717) is 0 Å². The summed E-state index contributed by atoms with van der Waals surface area (Å²) in [5, 5.41) is 9.83. The van der Waals surface area contributed by atoms with E-state index in [4.69, 9.17) is 5.11 Å². The Morgan fingerprint density at radius 3 is 2.93 bits per heavy atom. The van der Waals surface area contributed by atoms with Crippen LogP contribution < -0.4 is 0 Å². The second kappa shape index (κ2) is 3.18. The summed E-state index contributed by atoms with van der Waals surface area (Å²) in [7, 11) is 0. The molecule has 1 heterocycles. The molecule has 0 saturated heterocycles. The molecule has 1 aromatic carbocycles. The molecule has 0 unspecified atom stereocenters. The van der Waals surface area contributed by atoms with E-state index in [1.54, 1.807) is 0 Å². The van der Waals surface area contributed by atoms with Crippen molar-refractivity contribution >= 4 is 16.9 Å². The number of carboxylic acid groups (broad SMARTS) is 1. The lowest BCUT2D eigenvalue weighted by Gasteiger charge is -2.03. The van der Waals surface area contributed by atoms with Crippen LogP contribution in [0.5, 0.6) is 0 Å². The summed E-state index contributed by atoms with van der Waals surface area (Å²) in [6, 6.07) is 5.80. The molecule has 0 spiro atoms. The first kappa shape index (κ1) is 8.81. The van der Waals surface area contributed by atoms with Crippen molar-refractivity contribution < 1.29 is 9.90 Å². The Morgan fingerprint density at radius 1 is 1.43 bits per heavy atom. The first-order valence-electron chi connectivity index (χ1n) is 4.46. The van der Waals surface area contributed by atoms with Crippen molar-refractivity contribution in [3.8, 4) is 0 Å². The molecule has 0 amide bonds. The third-order valence-electron chi connectivity index (χ3n) is 2.44. The van der Waals surface area contributed by atoms with E-state index in [0.717, 1.165) is 22.0 Å². The zero-order chi connectivity index (χ0) is 10.1. The summed E-state index contributed by atoms with van der Waals surface area (Å²) in [6.07, 6.45) is 1.95. The standard InChI is InChI=1S/C11H11NO2/c1-7-9(6-10(13)14)3-2-8-4-5-12-11(7)8/h2-5,12H,6H2,1H3,(H,13,14). The van der Waals surface area contributed by atoms with Gasteiger partial charge in [-0.1, -0.05) is 12.1 Å². The van der Waals surface area contributed by atoms with Crippen LogP contribution in [-0.2, 0) is 11.2 Å². The van der Waals surface area contributed by atoms with Crippen molar-refractivity contribution in [2.75, 3.05) is 0 Å². The smallest absolute Gasteiger partial charge is 0.307 e. The molecule has 3 heteroatoms. The third kappa shape index (κ3) is 1.37. The first-order chi connectivity index (χ1) is 6.68. The molecule has 0 aliphatic carbocycles. The Bertz CT molecular complexity index is 485. The molecule has 0 radical (unpaired) electrons. The van der Waals surface area contributed by atoms with Crippen molar-refractivity contribution in [3.05, 3.63) is 35.5 Å². The third-order valence-corrected chi connectivity index (χ3v) is 2.44. The van der Waals surface area contributed by atoms with Crippen molar-refractivity contribution in [1.29, 1.82) is 0 Å². The number of H-pyrrole nitrogens is 1. The van der Waals surface area contributed by atoms with E-state index >= 15 is 0 Å². The highest BCUT2D eigenvalue weighted by atomic mass is 16.4. The number of hydrogen-bond donors (Lipinski definition) is 2. The summed E-state index contributed by atoms with van der Waals surface area (Å²) in [5.74, 6) is -0.793. The number of carbonyl (C=O) groups is 1. The lowest BCUT2D eigenvalue weighted by Crippen LogP contribution is -2.01. The minimum atomic E-state index is -0.793. The molecule has 0 bridgehead atoms. The monoisotopic (exact) mass is 189 g/mol. The molecular formula is C11H11NO2. The number of rotatable bonds is 2. The van der Waals surface area contributed by atoms with E-state index in [1.165, 1.54) is 0 Å². The Balaban J connectivity index is 2.56. The lowest BCUT2D eigenvalue weighted by molar-refractivity contribution is -0.136. The van der Waals surface area contributed by atoms with Crippen LogP contribution in [0.2, 0.25) is 0 Å². The summed E-state index contributed by atoms with van der Waals surface area (Å²) in [5.41, 5.74) is 2.92. The van der Waals surface area contributed by atoms with E-state index in [1.807, 2.05) is 31.3 Å². The fraction of sp³-hybridized carbons (Fsp3) is 0.182. The van der Waals surface area contributed by atoms with E-state index in [2.05, 4.69) is 4.98 Å². The molecule has 2 rings (SSSR count). The minimum absolute atomic E-state index is 0.0841. The summed E-state index contributed by atoms with van der Waals surface area (Å²) in [6.45, 7) is 1.94. The lowest BCUT2D eigenvalue weighted by atomic mass is 10.0.